The number of aliphatic hydroxyl groups excluding tert-OH is 1. The van der Waals surface area contributed by atoms with E-state index in [1.807, 2.05) is 24.3 Å². The second-order valence-corrected chi connectivity index (χ2v) is 5.79. The maximum Gasteiger partial charge on any atom is 0.303 e. The first-order chi connectivity index (χ1) is 11.6. The summed E-state index contributed by atoms with van der Waals surface area (Å²) in [6.45, 7) is 3.98. The van der Waals surface area contributed by atoms with Crippen LogP contribution in [0.15, 0.2) is 30.5 Å². The molecule has 5 nitrogen and oxygen atoms in total. The van der Waals surface area contributed by atoms with Gasteiger partial charge in [-0.25, -0.2) is 0 Å². The number of allylic oxidation sites excluding steroid dienone is 1. The number of carbonyl (C=O) groups is 2. The number of benzene rings is 1. The van der Waals surface area contributed by atoms with Crippen molar-refractivity contribution < 1.29 is 19.8 Å². The Kier molecular flexibility index (Phi) is 9.27. The number of hydrogen-bond donors (Lipinski definition) is 2. The number of hydrogen-bond acceptors (Lipinski definition) is 4. The van der Waals surface area contributed by atoms with Crippen molar-refractivity contribution in [1.29, 1.82) is 0 Å². The van der Waals surface area contributed by atoms with E-state index in [1.165, 1.54) is 0 Å². The van der Waals surface area contributed by atoms with E-state index in [2.05, 4.69) is 11.8 Å². The van der Waals surface area contributed by atoms with Crippen molar-refractivity contribution in [3.05, 3.63) is 36.1 Å². The second-order valence-electron chi connectivity index (χ2n) is 5.79. The first-order valence-electron chi connectivity index (χ1n) is 8.49. The fraction of sp³-hybridized carbons (Fsp3) is 0.474. The predicted octanol–water partition coefficient (Wildman–Crippen LogP) is 4.04. The average molecular weight is 333 g/mol. The zero-order valence-corrected chi connectivity index (χ0v) is 14.3. The number of carboxylic acid groups (broad SMARTS) is 1. The average Bonchev–Trinajstić information content (AvgIpc) is 2.59. The summed E-state index contributed by atoms with van der Waals surface area (Å²) in [5.41, 5.74) is 2.03. The number of nitrogens with zero attached hydrogens (tertiary/aromatic N) is 1. The highest BCUT2D eigenvalue weighted by Crippen LogP contribution is 2.20. The van der Waals surface area contributed by atoms with Crippen molar-refractivity contribution in [3.63, 3.8) is 0 Å². The number of rotatable bonds is 12. The maximum atomic E-state index is 10.9. The predicted molar refractivity (Wildman–Crippen MR) is 96.3 cm³/mol. The molecule has 132 valence electrons. The number of aldehydes is 1. The molecule has 0 aromatic heterocycles. The molecular weight excluding hydrogens is 306 g/mol. The van der Waals surface area contributed by atoms with Crippen LogP contribution in [-0.4, -0.2) is 35.6 Å². The van der Waals surface area contributed by atoms with E-state index in [9.17, 15) is 9.59 Å². The van der Waals surface area contributed by atoms with E-state index in [0.717, 1.165) is 50.7 Å². The van der Waals surface area contributed by atoms with Gasteiger partial charge in [-0.3, -0.25) is 9.59 Å². The van der Waals surface area contributed by atoms with Crippen LogP contribution in [0.2, 0.25) is 0 Å². The van der Waals surface area contributed by atoms with Gasteiger partial charge in [0.25, 0.3) is 0 Å². The maximum absolute atomic E-state index is 10.9. The van der Waals surface area contributed by atoms with E-state index in [0.29, 0.717) is 18.3 Å². The molecule has 0 unspecified atom stereocenters. The van der Waals surface area contributed by atoms with Gasteiger partial charge in [-0.2, -0.15) is 0 Å². The summed E-state index contributed by atoms with van der Waals surface area (Å²) in [6, 6.07) is 7.56. The molecule has 0 heterocycles. The first-order valence-corrected chi connectivity index (χ1v) is 8.49. The highest BCUT2D eigenvalue weighted by atomic mass is 16.4. The zero-order chi connectivity index (χ0) is 17.8. The summed E-state index contributed by atoms with van der Waals surface area (Å²) in [5.74, 6) is -0.739. The van der Waals surface area contributed by atoms with Crippen molar-refractivity contribution in [1.82, 2.24) is 0 Å². The molecule has 0 radical (unpaired) electrons. The van der Waals surface area contributed by atoms with Gasteiger partial charge in [0.15, 0.2) is 6.29 Å². The van der Waals surface area contributed by atoms with Gasteiger partial charge < -0.3 is 15.1 Å². The molecular formula is C19H27NO4. The molecule has 0 aliphatic carbocycles. The van der Waals surface area contributed by atoms with Crippen molar-refractivity contribution in [2.24, 2.45) is 0 Å². The number of aliphatic carboxylic acids is 1. The summed E-state index contributed by atoms with van der Waals surface area (Å²) in [7, 11) is 0. The number of anilines is 1. The number of unbranched alkanes of at least 4 members (excludes halogenated alkanes) is 3. The van der Waals surface area contributed by atoms with Crippen molar-refractivity contribution >= 4 is 23.5 Å². The molecule has 0 spiro atoms. The molecule has 0 aliphatic rings. The van der Waals surface area contributed by atoms with Crippen LogP contribution >= 0.6 is 0 Å². The molecule has 0 atom stereocenters. The van der Waals surface area contributed by atoms with Gasteiger partial charge in [-0.05, 0) is 37.0 Å². The lowest BCUT2D eigenvalue weighted by atomic mass is 10.1. The Hall–Kier alpha value is -2.30. The Morgan fingerprint density at radius 3 is 2.29 bits per heavy atom. The SMILES string of the molecule is CCCCN(CCCCCC(=O)O)c1ccc(/C(C=O)=C/O)cc1. The quantitative estimate of drug-likeness (QED) is 0.261. The molecule has 0 saturated carbocycles. The summed E-state index contributed by atoms with van der Waals surface area (Å²) in [6.07, 6.45) is 6.44. The minimum atomic E-state index is -0.739. The molecule has 2 N–H and O–H groups in total. The van der Waals surface area contributed by atoms with E-state index < -0.39 is 5.97 Å². The molecule has 0 saturated heterocycles. The zero-order valence-electron chi connectivity index (χ0n) is 14.3. The number of carbonyl (C=O) groups excluding carboxylic acids is 1. The topological polar surface area (TPSA) is 77.8 Å². The van der Waals surface area contributed by atoms with E-state index >= 15 is 0 Å². The Morgan fingerprint density at radius 1 is 1.08 bits per heavy atom. The van der Waals surface area contributed by atoms with Crippen LogP contribution in [0.25, 0.3) is 5.57 Å². The minimum Gasteiger partial charge on any atom is -0.515 e. The van der Waals surface area contributed by atoms with E-state index in [4.69, 9.17) is 10.2 Å². The van der Waals surface area contributed by atoms with Gasteiger partial charge in [0.1, 0.15) is 0 Å². The van der Waals surface area contributed by atoms with E-state index in [1.54, 1.807) is 0 Å². The van der Waals surface area contributed by atoms with Gasteiger partial charge in [0, 0.05) is 25.2 Å². The van der Waals surface area contributed by atoms with Crippen molar-refractivity contribution in [2.75, 3.05) is 18.0 Å². The third-order valence-electron chi connectivity index (χ3n) is 3.93. The number of aliphatic hydroxyl groups is 1. The summed E-state index contributed by atoms with van der Waals surface area (Å²) in [5, 5.41) is 17.7. The lowest BCUT2D eigenvalue weighted by Crippen LogP contribution is -2.25. The molecule has 1 rings (SSSR count). The first kappa shape index (κ1) is 19.7. The lowest BCUT2D eigenvalue weighted by Gasteiger charge is -2.25. The Morgan fingerprint density at radius 2 is 1.75 bits per heavy atom. The second kappa shape index (κ2) is 11.3. The molecule has 24 heavy (non-hydrogen) atoms. The van der Waals surface area contributed by atoms with Crippen molar-refractivity contribution in [2.45, 2.75) is 45.4 Å². The fourth-order valence-corrected chi connectivity index (χ4v) is 2.51. The molecule has 5 heteroatoms. The molecule has 0 aliphatic heterocycles. The van der Waals surface area contributed by atoms with Crippen LogP contribution in [0.1, 0.15) is 51.0 Å². The van der Waals surface area contributed by atoms with Gasteiger partial charge in [0.2, 0.25) is 0 Å². The Labute approximate surface area is 143 Å². The van der Waals surface area contributed by atoms with Crippen LogP contribution in [0.3, 0.4) is 0 Å². The van der Waals surface area contributed by atoms with Gasteiger partial charge in [-0.15, -0.1) is 0 Å². The van der Waals surface area contributed by atoms with Crippen LogP contribution in [-0.2, 0) is 9.59 Å². The third-order valence-corrected chi connectivity index (χ3v) is 3.93. The van der Waals surface area contributed by atoms with Crippen LogP contribution in [0, 0.1) is 0 Å². The van der Waals surface area contributed by atoms with Gasteiger partial charge >= 0.3 is 5.97 Å². The van der Waals surface area contributed by atoms with E-state index in [-0.39, 0.29) is 12.0 Å². The van der Waals surface area contributed by atoms with Crippen LogP contribution < -0.4 is 4.90 Å². The largest absolute Gasteiger partial charge is 0.515 e. The molecule has 0 bridgehead atoms. The Bertz CT molecular complexity index is 537. The smallest absolute Gasteiger partial charge is 0.303 e. The van der Waals surface area contributed by atoms with Gasteiger partial charge in [-0.1, -0.05) is 31.9 Å². The highest BCUT2D eigenvalue weighted by Gasteiger charge is 2.08. The molecule has 0 amide bonds. The third kappa shape index (κ3) is 6.86. The minimum absolute atomic E-state index is 0.228. The molecule has 1 aromatic rings. The fourth-order valence-electron chi connectivity index (χ4n) is 2.51. The monoisotopic (exact) mass is 333 g/mol. The standard InChI is InChI=1S/C19H27NO4/c1-2-3-12-20(13-6-4-5-7-19(23)24)18-10-8-16(9-11-18)17(14-21)15-22/h8-11,14-15,21H,2-7,12-13H2,1H3,(H,23,24)/b17-14+. The van der Waals surface area contributed by atoms with Crippen molar-refractivity contribution in [3.8, 4) is 0 Å². The van der Waals surface area contributed by atoms with Crippen LogP contribution in [0.5, 0.6) is 0 Å². The Balaban J connectivity index is 2.66. The summed E-state index contributed by atoms with van der Waals surface area (Å²) < 4.78 is 0. The number of carboxylic acids is 1. The highest BCUT2D eigenvalue weighted by molar-refractivity contribution is 6.06. The normalized spacial score (nSPS) is 11.3. The van der Waals surface area contributed by atoms with Gasteiger partial charge in [0.05, 0.1) is 11.8 Å². The molecule has 1 aromatic carbocycles. The summed E-state index contributed by atoms with van der Waals surface area (Å²) >= 11 is 0. The van der Waals surface area contributed by atoms with Crippen LogP contribution in [0.4, 0.5) is 5.69 Å². The molecule has 0 fully saturated rings. The lowest BCUT2D eigenvalue weighted by molar-refractivity contribution is -0.137. The summed E-state index contributed by atoms with van der Waals surface area (Å²) in [4.78, 5) is 23.7.